The molecule has 20 aliphatic rings. The second kappa shape index (κ2) is 31.4. The maximum absolute atomic E-state index is 13.5. The molecule has 666 valence electrons. The van der Waals surface area contributed by atoms with Gasteiger partial charge in [-0.1, -0.05) is 203 Å². The van der Waals surface area contributed by atoms with Crippen molar-refractivity contribution in [1.29, 1.82) is 0 Å². The molecule has 20 atom stereocenters. The summed E-state index contributed by atoms with van der Waals surface area (Å²) in [7, 11) is 0. The van der Waals surface area contributed by atoms with Gasteiger partial charge in [-0.3, -0.25) is 0 Å². The van der Waals surface area contributed by atoms with Gasteiger partial charge in [0.2, 0.25) is 11.7 Å². The molecule has 6 aliphatic carbocycles. The molecule has 9 heteroatoms. The summed E-state index contributed by atoms with van der Waals surface area (Å²) in [4.78, 5) is 0. The van der Waals surface area contributed by atoms with Crippen molar-refractivity contribution in [2.24, 2.45) is 33.5 Å². The van der Waals surface area contributed by atoms with E-state index in [0.29, 0.717) is 52.5 Å². The van der Waals surface area contributed by atoms with Crippen LogP contribution in [0.2, 0.25) is 0 Å². The highest BCUT2D eigenvalue weighted by Gasteiger charge is 2.67. The van der Waals surface area contributed by atoms with Crippen molar-refractivity contribution >= 4 is 0 Å². The molecule has 0 amide bonds. The highest BCUT2D eigenvalue weighted by Crippen LogP contribution is 2.68. The lowest BCUT2D eigenvalue weighted by molar-refractivity contribution is -0.167. The van der Waals surface area contributed by atoms with E-state index in [0.717, 1.165) is 23.7 Å². The molecule has 121 heavy (non-hydrogen) atoms. The zero-order valence-corrected chi connectivity index (χ0v) is 82.8. The Morgan fingerprint density at radius 2 is 0.661 bits per heavy atom. The largest absolute Gasteiger partial charge is 0.366 e. The second-order valence-electron chi connectivity index (χ2n) is 46.3. The van der Waals surface area contributed by atoms with Crippen LogP contribution in [0.25, 0.3) is 0 Å². The van der Waals surface area contributed by atoms with E-state index in [1.54, 1.807) is 69.5 Å². The first-order chi connectivity index (χ1) is 55.7. The van der Waals surface area contributed by atoms with Crippen molar-refractivity contribution in [3.8, 4) is 0 Å². The summed E-state index contributed by atoms with van der Waals surface area (Å²) < 4.78 is 68.0. The van der Waals surface area contributed by atoms with Gasteiger partial charge < -0.3 is 33.2 Å². The van der Waals surface area contributed by atoms with Crippen LogP contribution in [0, 0.1) is 33.5 Å². The Hall–Kier alpha value is -5.10. The smallest absolute Gasteiger partial charge is 0.234 e. The molecular formula is C112H162F2O7. The average molecular weight is 1660 g/mol. The molecule has 14 aliphatic heterocycles. The van der Waals surface area contributed by atoms with Gasteiger partial charge in [0.1, 0.15) is 0 Å². The van der Waals surface area contributed by atoms with Crippen molar-refractivity contribution in [3.63, 3.8) is 0 Å². The molecule has 6 saturated heterocycles. The van der Waals surface area contributed by atoms with Gasteiger partial charge in [-0.15, -0.1) is 0 Å². The van der Waals surface area contributed by atoms with Crippen LogP contribution in [-0.2, 0) is 44.0 Å². The van der Waals surface area contributed by atoms with Gasteiger partial charge in [0.05, 0.1) is 69.7 Å². The van der Waals surface area contributed by atoms with Gasteiger partial charge in [-0.2, -0.15) is 0 Å². The minimum atomic E-state index is -1.79. The Labute approximate surface area is 734 Å². The third-order valence-electron chi connectivity index (χ3n) is 36.9. The van der Waals surface area contributed by atoms with E-state index in [9.17, 15) is 8.78 Å². The lowest BCUT2D eigenvalue weighted by Gasteiger charge is -2.42. The van der Waals surface area contributed by atoms with Crippen molar-refractivity contribution < 1.29 is 41.9 Å². The number of hydrogen-bond donors (Lipinski definition) is 0. The zero-order chi connectivity index (χ0) is 89.6. The molecule has 20 bridgehead atoms. The van der Waals surface area contributed by atoms with Crippen molar-refractivity contribution in [1.82, 2.24) is 0 Å². The standard InChI is InChI=1S/C16H28O.C15H18.C13H22O.C13H14.C12H20O.C10H16O.C9H12.C8H10F2O.C8H12O.C8H10O/c1-11-12(2)16(14(6,7)8)10-9-15(11,17-16)13(3,4)5;1-10-11(2)15(4)9-14(10,3)12-7-5-6-8-13(12)15;1-9-10(2)13(11(3,4)5)8-7-12(9,6)14-13;1-8-9(2)13-7-12(8)10-5-3-4-6-11(10)13;1-8-9(2)12(11(3,4)5)7-6-10(8)13-12;1-7-8(2)10(4)6-5-9(7,3)11-10;1-6-7(2)9-4-3-8(6)5-9;1-5-6(2)8(10)4-3-7(5,9)11-8;2*1-5-6(2)8-4-3-7(5)9-8/h9-10H2,1-8H3;5-8H,9H2,1-4H3;7-8H2,1-6H3;3-6,12-13H,7H2,1-2H3;10H,6-7H2,1-5H3;5-6H2,1-4H3;3-4,8-9H,5H2,1-2H3;3-4H2,1-2H3;7-8H,3-4H2,1-2H3;3-4,7-8H,1-2H3. The molecule has 0 aromatic heterocycles. The Morgan fingerprint density at radius 3 is 0.934 bits per heavy atom. The lowest BCUT2D eigenvalue weighted by atomic mass is 9.62. The summed E-state index contributed by atoms with van der Waals surface area (Å²) in [6, 6.07) is 17.9. The Morgan fingerprint density at radius 1 is 0.298 bits per heavy atom. The van der Waals surface area contributed by atoms with E-state index in [1.807, 2.05) is 0 Å². The molecular weight excluding hydrogens is 1500 g/mol. The molecule has 2 aromatic rings. The molecule has 2 aromatic carbocycles. The summed E-state index contributed by atoms with van der Waals surface area (Å²) in [5.41, 5.74) is 36.2. The monoisotopic (exact) mass is 1660 g/mol. The predicted molar refractivity (Wildman–Crippen MR) is 499 cm³/mol. The fraction of sp³-hybridized carbons (Fsp3) is 0.679. The topological polar surface area (TPSA) is 64.6 Å². The first-order valence-corrected chi connectivity index (χ1v) is 47.2. The van der Waals surface area contributed by atoms with Crippen LogP contribution in [0.5, 0.6) is 0 Å². The van der Waals surface area contributed by atoms with Crippen molar-refractivity contribution in [2.75, 3.05) is 0 Å². The number of hydrogen-bond acceptors (Lipinski definition) is 7. The quantitative estimate of drug-likeness (QED) is 0.244. The fourth-order valence-corrected chi connectivity index (χ4v) is 26.3. The molecule has 0 N–H and O–H groups in total. The van der Waals surface area contributed by atoms with Gasteiger partial charge in [-0.05, 0) is 376 Å². The first-order valence-electron chi connectivity index (χ1n) is 47.2. The molecule has 7 nitrogen and oxygen atoms in total. The number of benzene rings is 2. The minimum absolute atomic E-state index is 0.0197. The molecule has 0 spiro atoms. The molecule has 0 saturated carbocycles. The summed E-state index contributed by atoms with van der Waals surface area (Å²) in [5.74, 6) is -0.454. The van der Waals surface area contributed by atoms with E-state index >= 15 is 0 Å². The minimum Gasteiger partial charge on any atom is -0.366 e. The van der Waals surface area contributed by atoms with Crippen LogP contribution in [0.15, 0.2) is 184 Å². The van der Waals surface area contributed by atoms with Gasteiger partial charge in [-0.25, -0.2) is 8.78 Å². The van der Waals surface area contributed by atoms with Crippen LogP contribution >= 0.6 is 0 Å². The van der Waals surface area contributed by atoms with Crippen LogP contribution in [0.4, 0.5) is 8.78 Å². The van der Waals surface area contributed by atoms with E-state index < -0.39 is 11.7 Å². The number of rotatable bonds is 0. The summed E-state index contributed by atoms with van der Waals surface area (Å²) in [6.07, 6.45) is 27.4. The van der Waals surface area contributed by atoms with Crippen LogP contribution in [0.3, 0.4) is 0 Å². The Balaban J connectivity index is 0.000000117. The summed E-state index contributed by atoms with van der Waals surface area (Å²) >= 11 is 0. The van der Waals surface area contributed by atoms with E-state index in [2.05, 4.69) is 320 Å². The van der Waals surface area contributed by atoms with Crippen molar-refractivity contribution in [2.45, 2.75) is 457 Å². The third-order valence-corrected chi connectivity index (χ3v) is 36.9. The first kappa shape index (κ1) is 93.5. The van der Waals surface area contributed by atoms with Crippen LogP contribution < -0.4 is 0 Å². The molecule has 20 unspecified atom stereocenters. The number of alkyl halides is 2. The van der Waals surface area contributed by atoms with Crippen LogP contribution in [0.1, 0.15) is 387 Å². The van der Waals surface area contributed by atoms with Crippen molar-refractivity contribution in [3.05, 3.63) is 207 Å². The Kier molecular flexibility index (Phi) is 24.3. The Bertz CT molecular complexity index is 4550. The fourth-order valence-electron chi connectivity index (χ4n) is 26.3. The number of fused-ring (bicyclic) bond motifs is 26. The second-order valence-corrected chi connectivity index (χ2v) is 46.3. The van der Waals surface area contributed by atoms with E-state index in [4.69, 9.17) is 28.4 Å². The zero-order valence-electron chi connectivity index (χ0n) is 82.8. The normalized spacial score (nSPS) is 40.0. The van der Waals surface area contributed by atoms with Gasteiger partial charge >= 0.3 is 0 Å². The van der Waals surface area contributed by atoms with E-state index in [-0.39, 0.29) is 73.7 Å². The number of halogens is 2. The van der Waals surface area contributed by atoms with Gasteiger partial charge in [0.15, 0.2) is 0 Å². The summed E-state index contributed by atoms with van der Waals surface area (Å²) in [5, 5.41) is 0. The highest BCUT2D eigenvalue weighted by molar-refractivity contribution is 5.62. The maximum Gasteiger partial charge on any atom is 0.234 e. The third kappa shape index (κ3) is 14.8. The molecule has 14 heterocycles. The average Bonchev–Trinajstić information content (AvgIpc) is 1.53. The maximum atomic E-state index is 13.5. The van der Waals surface area contributed by atoms with E-state index in [1.165, 1.54) is 150 Å². The predicted octanol–water partition coefficient (Wildman–Crippen LogP) is 30.5. The molecule has 22 rings (SSSR count). The highest BCUT2D eigenvalue weighted by atomic mass is 19.2. The summed E-state index contributed by atoms with van der Waals surface area (Å²) in [6.45, 7) is 82.7. The van der Waals surface area contributed by atoms with Gasteiger partial charge in [0.25, 0.3) is 0 Å². The molecule has 6 fully saturated rings. The molecule has 0 radical (unpaired) electrons. The van der Waals surface area contributed by atoms with Gasteiger partial charge in [0, 0.05) is 35.5 Å². The SMILES string of the molecule is CC1=C(C)C2(C(C)(C)C)CCC1(C(C)(C)C)O2.CC1=C(C)C2(C(C)(C)C)CCC1(C)O2.CC1=C(C)C2(C(C)(C)C)CCC1O2.CC1=C(C)C2(C)CC1(C)c1ccccc12.CC1=C(C)C2(C)CCC1(C)O2.CC1=C(C)C2(F)CCC1(F)O2.CC1=C(C)C2C=CC1C2.CC1=C(C)C2C=CC1O2.CC1=C(C)C2CC1c1ccccc12.CC1=C(C)C2CCC1O2. The number of ether oxygens (including phenoxy) is 7. The lowest BCUT2D eigenvalue weighted by Crippen LogP contribution is -2.44. The number of allylic oxidation sites excluding steroid dienone is 8. The van der Waals surface area contributed by atoms with Crippen LogP contribution in [-0.4, -0.2) is 81.4 Å².